The Balaban J connectivity index is 3.74. The first-order valence-electron chi connectivity index (χ1n) is 10.4. The molecule has 0 fully saturated rings. The van der Waals surface area contributed by atoms with Crippen LogP contribution in [0.25, 0.3) is 0 Å². The molecule has 1 atom stereocenters. The van der Waals surface area contributed by atoms with E-state index in [1.54, 1.807) is 12.2 Å². The Morgan fingerprint density at radius 1 is 0.929 bits per heavy atom. The van der Waals surface area contributed by atoms with Crippen molar-refractivity contribution in [1.29, 1.82) is 0 Å². The molecule has 28 heavy (non-hydrogen) atoms. The van der Waals surface area contributed by atoms with Crippen LogP contribution in [0.3, 0.4) is 0 Å². The summed E-state index contributed by atoms with van der Waals surface area (Å²) in [6, 6.07) is 0. The summed E-state index contributed by atoms with van der Waals surface area (Å²) in [5.41, 5.74) is 0. The number of hydrogen-bond donors (Lipinski definition) is 3. The lowest BCUT2D eigenvalue weighted by Crippen LogP contribution is -2.25. The summed E-state index contributed by atoms with van der Waals surface area (Å²) in [5, 5.41) is 27.5. The highest BCUT2D eigenvalue weighted by molar-refractivity contribution is 5.69. The molecule has 0 bridgehead atoms. The predicted octanol–water partition coefficient (Wildman–Crippen LogP) is 4.00. The van der Waals surface area contributed by atoms with Gasteiger partial charge in [-0.15, -0.1) is 0 Å². The second-order valence-electron chi connectivity index (χ2n) is 6.66. The number of esters is 1. The molecule has 0 saturated carbocycles. The maximum atomic E-state index is 11.5. The van der Waals surface area contributed by atoms with E-state index in [0.29, 0.717) is 12.8 Å². The monoisotopic (exact) mass is 394 g/mol. The van der Waals surface area contributed by atoms with Gasteiger partial charge in [0.05, 0.1) is 19.3 Å². The number of aliphatic hydroxyl groups excluding tert-OH is 3. The van der Waals surface area contributed by atoms with Gasteiger partial charge >= 0.3 is 5.97 Å². The van der Waals surface area contributed by atoms with Gasteiger partial charge < -0.3 is 20.1 Å². The Kier molecular flexibility index (Phi) is 18.8. The number of rotatable bonds is 17. The van der Waals surface area contributed by atoms with Crippen molar-refractivity contribution in [1.82, 2.24) is 0 Å². The minimum Gasteiger partial charge on any atom is -0.457 e. The molecule has 0 aliphatic carbocycles. The Morgan fingerprint density at radius 2 is 1.61 bits per heavy atom. The third kappa shape index (κ3) is 17.7. The zero-order valence-corrected chi connectivity index (χ0v) is 17.2. The molecule has 160 valence electrons. The van der Waals surface area contributed by atoms with Gasteiger partial charge in [0.15, 0.2) is 0 Å². The quantitative estimate of drug-likeness (QED) is 0.150. The lowest BCUT2D eigenvalue weighted by Gasteiger charge is -2.12. The van der Waals surface area contributed by atoms with Gasteiger partial charge in [0, 0.05) is 6.42 Å². The standard InChI is InChI=1S/C23H38O5/c1-2-3-4-5-6-7-8-9-10-11-12-13-14-16-21(26)17-15-18-23(27)28-22(19-24)20-25/h6-7,9-10,12-14,16,21-22,24-26H,2-5,8,11,15,17-20H2,1H3/b7-6-,10-9-,13-12-,16-14+/t21-/m0/s1. The van der Waals surface area contributed by atoms with Gasteiger partial charge in [-0.25, -0.2) is 0 Å². The number of carbonyl (C=O) groups excluding carboxylic acids is 1. The molecule has 0 aromatic heterocycles. The summed E-state index contributed by atoms with van der Waals surface area (Å²) in [5.74, 6) is -0.480. The maximum Gasteiger partial charge on any atom is 0.306 e. The molecule has 5 heteroatoms. The Morgan fingerprint density at radius 3 is 2.29 bits per heavy atom. The second-order valence-corrected chi connectivity index (χ2v) is 6.66. The molecule has 0 amide bonds. The average molecular weight is 395 g/mol. The van der Waals surface area contributed by atoms with E-state index in [1.165, 1.54) is 25.7 Å². The second kappa shape index (κ2) is 20.1. The summed E-state index contributed by atoms with van der Waals surface area (Å²) in [6.07, 6.45) is 22.6. The minimum atomic E-state index is -0.863. The van der Waals surface area contributed by atoms with Crippen molar-refractivity contribution in [3.8, 4) is 0 Å². The van der Waals surface area contributed by atoms with Crippen LogP contribution in [0.2, 0.25) is 0 Å². The highest BCUT2D eigenvalue weighted by atomic mass is 16.6. The summed E-state index contributed by atoms with van der Waals surface area (Å²) < 4.78 is 4.85. The van der Waals surface area contributed by atoms with Crippen molar-refractivity contribution in [3.05, 3.63) is 48.6 Å². The normalized spacial score (nSPS) is 13.6. The Bertz CT molecular complexity index is 475. The Labute approximate surface area is 170 Å². The van der Waals surface area contributed by atoms with Crippen LogP contribution in [0.1, 0.15) is 64.7 Å². The van der Waals surface area contributed by atoms with E-state index in [4.69, 9.17) is 14.9 Å². The van der Waals surface area contributed by atoms with E-state index in [1.807, 2.05) is 12.2 Å². The molecule has 0 aliphatic rings. The first-order chi connectivity index (χ1) is 13.6. The topological polar surface area (TPSA) is 87.0 Å². The predicted molar refractivity (Wildman–Crippen MR) is 114 cm³/mol. The maximum absolute atomic E-state index is 11.5. The third-order valence-corrected chi connectivity index (χ3v) is 4.02. The van der Waals surface area contributed by atoms with E-state index in [9.17, 15) is 9.90 Å². The van der Waals surface area contributed by atoms with Crippen molar-refractivity contribution in [3.63, 3.8) is 0 Å². The van der Waals surface area contributed by atoms with Crippen LogP contribution in [-0.4, -0.2) is 46.7 Å². The van der Waals surface area contributed by atoms with Crippen molar-refractivity contribution < 1.29 is 24.9 Å². The molecule has 0 aromatic carbocycles. The molecule has 0 saturated heterocycles. The number of unbranched alkanes of at least 4 members (excludes halogenated alkanes) is 3. The van der Waals surface area contributed by atoms with Crippen LogP contribution in [-0.2, 0) is 9.53 Å². The molecule has 0 aromatic rings. The van der Waals surface area contributed by atoms with Gasteiger partial charge in [-0.3, -0.25) is 4.79 Å². The summed E-state index contributed by atoms with van der Waals surface area (Å²) in [7, 11) is 0. The van der Waals surface area contributed by atoms with Gasteiger partial charge in [-0.2, -0.15) is 0 Å². The minimum absolute atomic E-state index is 0.148. The number of ether oxygens (including phenoxy) is 1. The fourth-order valence-electron chi connectivity index (χ4n) is 2.35. The van der Waals surface area contributed by atoms with Crippen LogP contribution >= 0.6 is 0 Å². The van der Waals surface area contributed by atoms with E-state index in [-0.39, 0.29) is 6.42 Å². The zero-order valence-electron chi connectivity index (χ0n) is 17.2. The third-order valence-electron chi connectivity index (χ3n) is 4.02. The van der Waals surface area contributed by atoms with Crippen LogP contribution in [0.15, 0.2) is 48.6 Å². The highest BCUT2D eigenvalue weighted by Gasteiger charge is 2.12. The molecular formula is C23H38O5. The van der Waals surface area contributed by atoms with Crippen LogP contribution < -0.4 is 0 Å². The van der Waals surface area contributed by atoms with Gasteiger partial charge in [0.2, 0.25) is 0 Å². The van der Waals surface area contributed by atoms with Gasteiger partial charge in [-0.05, 0) is 38.5 Å². The summed E-state index contributed by atoms with van der Waals surface area (Å²) in [4.78, 5) is 11.5. The van der Waals surface area contributed by atoms with E-state index < -0.39 is 31.4 Å². The first-order valence-corrected chi connectivity index (χ1v) is 10.4. The molecule has 3 N–H and O–H groups in total. The molecule has 0 unspecified atom stereocenters. The molecule has 0 rings (SSSR count). The van der Waals surface area contributed by atoms with Crippen LogP contribution in [0, 0.1) is 0 Å². The molecular weight excluding hydrogens is 356 g/mol. The summed E-state index contributed by atoms with van der Waals surface area (Å²) >= 11 is 0. The average Bonchev–Trinajstić information content (AvgIpc) is 2.69. The molecule has 0 radical (unpaired) electrons. The Hall–Kier alpha value is -1.69. The SMILES string of the molecule is CCCCC/C=C\C/C=C\C/C=C\C=C\[C@H](O)CCCC(=O)OC(CO)CO. The van der Waals surface area contributed by atoms with E-state index in [0.717, 1.165) is 12.8 Å². The number of hydrogen-bond acceptors (Lipinski definition) is 5. The number of aliphatic hydroxyl groups is 3. The van der Waals surface area contributed by atoms with Crippen molar-refractivity contribution >= 4 is 5.97 Å². The molecule has 0 heterocycles. The van der Waals surface area contributed by atoms with Crippen molar-refractivity contribution in [2.45, 2.75) is 76.9 Å². The van der Waals surface area contributed by atoms with Gasteiger partial charge in [-0.1, -0.05) is 68.4 Å². The first kappa shape index (κ1) is 26.3. The highest BCUT2D eigenvalue weighted by Crippen LogP contribution is 2.05. The summed E-state index contributed by atoms with van der Waals surface area (Å²) in [6.45, 7) is 1.42. The molecule has 5 nitrogen and oxygen atoms in total. The van der Waals surface area contributed by atoms with Gasteiger partial charge in [0.25, 0.3) is 0 Å². The van der Waals surface area contributed by atoms with E-state index in [2.05, 4.69) is 31.2 Å². The largest absolute Gasteiger partial charge is 0.457 e. The van der Waals surface area contributed by atoms with Crippen molar-refractivity contribution in [2.75, 3.05) is 13.2 Å². The zero-order chi connectivity index (χ0) is 20.9. The van der Waals surface area contributed by atoms with Crippen LogP contribution in [0.5, 0.6) is 0 Å². The smallest absolute Gasteiger partial charge is 0.306 e. The lowest BCUT2D eigenvalue weighted by atomic mass is 10.1. The lowest BCUT2D eigenvalue weighted by molar-refractivity contribution is -0.153. The van der Waals surface area contributed by atoms with Gasteiger partial charge in [0.1, 0.15) is 6.10 Å². The van der Waals surface area contributed by atoms with E-state index >= 15 is 0 Å². The fraction of sp³-hybridized carbons (Fsp3) is 0.609. The molecule has 0 aliphatic heterocycles. The fourth-order valence-corrected chi connectivity index (χ4v) is 2.35. The van der Waals surface area contributed by atoms with Crippen molar-refractivity contribution in [2.24, 2.45) is 0 Å². The number of carbonyl (C=O) groups is 1. The molecule has 0 spiro atoms. The number of allylic oxidation sites excluding steroid dienone is 7. The van der Waals surface area contributed by atoms with Crippen LogP contribution in [0.4, 0.5) is 0 Å².